The third-order valence-corrected chi connectivity index (χ3v) is 3.19. The Balaban J connectivity index is 2.23. The van der Waals surface area contributed by atoms with E-state index in [-0.39, 0.29) is 0 Å². The summed E-state index contributed by atoms with van der Waals surface area (Å²) in [6.45, 7) is 7.50. The average Bonchev–Trinajstić information content (AvgIpc) is 2.68. The van der Waals surface area contributed by atoms with Gasteiger partial charge in [0.05, 0.1) is 5.69 Å². The van der Waals surface area contributed by atoms with Gasteiger partial charge in [0.15, 0.2) is 5.82 Å². The Morgan fingerprint density at radius 1 is 1.35 bits per heavy atom. The molecule has 0 spiro atoms. The molecule has 1 atom stereocenters. The number of fused-ring (bicyclic) bond motifs is 1. The van der Waals surface area contributed by atoms with Gasteiger partial charge in [0.2, 0.25) is 0 Å². The van der Waals surface area contributed by atoms with Crippen molar-refractivity contribution in [2.75, 3.05) is 26.0 Å². The van der Waals surface area contributed by atoms with Gasteiger partial charge in [-0.1, -0.05) is 13.8 Å². The standard InChI is InChI=1S/C15H25N5/c1-11(2)8-13(10-19(4)5)17-15-14-9-12(3)18-20(14)7-6-16-15/h6-7,9,11,13H,8,10H2,1-5H3,(H,16,17). The van der Waals surface area contributed by atoms with Crippen LogP contribution in [0.25, 0.3) is 5.52 Å². The lowest BCUT2D eigenvalue weighted by Gasteiger charge is -2.24. The minimum Gasteiger partial charge on any atom is -0.364 e. The van der Waals surface area contributed by atoms with Crippen LogP contribution in [0.2, 0.25) is 0 Å². The highest BCUT2D eigenvalue weighted by Crippen LogP contribution is 2.18. The summed E-state index contributed by atoms with van der Waals surface area (Å²) in [6, 6.07) is 2.45. The lowest BCUT2D eigenvalue weighted by atomic mass is 10.0. The van der Waals surface area contributed by atoms with Gasteiger partial charge >= 0.3 is 0 Å². The Bertz CT molecular complexity index is 548. The van der Waals surface area contributed by atoms with Crippen LogP contribution in [0.15, 0.2) is 18.5 Å². The number of rotatable bonds is 6. The van der Waals surface area contributed by atoms with Gasteiger partial charge < -0.3 is 10.2 Å². The van der Waals surface area contributed by atoms with E-state index >= 15 is 0 Å². The molecule has 5 nitrogen and oxygen atoms in total. The van der Waals surface area contributed by atoms with Gasteiger partial charge in [0.1, 0.15) is 5.52 Å². The van der Waals surface area contributed by atoms with E-state index in [2.05, 4.69) is 54.3 Å². The number of hydrogen-bond donors (Lipinski definition) is 1. The first kappa shape index (κ1) is 14.8. The smallest absolute Gasteiger partial charge is 0.152 e. The second-order valence-corrected chi connectivity index (χ2v) is 6.12. The van der Waals surface area contributed by atoms with E-state index in [1.54, 1.807) is 6.20 Å². The van der Waals surface area contributed by atoms with E-state index in [0.29, 0.717) is 12.0 Å². The monoisotopic (exact) mass is 275 g/mol. The molecule has 0 aliphatic carbocycles. The SMILES string of the molecule is Cc1cc2c(NC(CC(C)C)CN(C)C)nccn2n1. The summed E-state index contributed by atoms with van der Waals surface area (Å²) in [6.07, 6.45) is 4.80. The summed E-state index contributed by atoms with van der Waals surface area (Å²) in [5, 5.41) is 8.01. The van der Waals surface area contributed by atoms with Crippen molar-refractivity contribution in [2.45, 2.75) is 33.2 Å². The molecule has 0 aliphatic heterocycles. The molecule has 0 saturated carbocycles. The first-order valence-electron chi connectivity index (χ1n) is 7.18. The third-order valence-electron chi connectivity index (χ3n) is 3.19. The molecule has 0 saturated heterocycles. The van der Waals surface area contributed by atoms with Gasteiger partial charge in [-0.25, -0.2) is 9.50 Å². The summed E-state index contributed by atoms with van der Waals surface area (Å²) in [4.78, 5) is 6.69. The van der Waals surface area contributed by atoms with Crippen LogP contribution >= 0.6 is 0 Å². The maximum Gasteiger partial charge on any atom is 0.152 e. The maximum atomic E-state index is 4.48. The second-order valence-electron chi connectivity index (χ2n) is 6.12. The number of aryl methyl sites for hydroxylation is 1. The van der Waals surface area contributed by atoms with Crippen molar-refractivity contribution >= 4 is 11.3 Å². The molecule has 2 aromatic rings. The first-order chi connectivity index (χ1) is 9.45. The molecule has 0 aliphatic rings. The van der Waals surface area contributed by atoms with Crippen molar-refractivity contribution in [3.05, 3.63) is 24.2 Å². The van der Waals surface area contributed by atoms with Crippen LogP contribution < -0.4 is 5.32 Å². The number of hydrogen-bond acceptors (Lipinski definition) is 4. The second kappa shape index (κ2) is 6.22. The third kappa shape index (κ3) is 3.70. The summed E-state index contributed by atoms with van der Waals surface area (Å²) in [7, 11) is 4.21. The molecule has 0 aromatic carbocycles. The van der Waals surface area contributed by atoms with E-state index in [1.165, 1.54) is 0 Å². The lowest BCUT2D eigenvalue weighted by Crippen LogP contribution is -2.33. The molecule has 0 bridgehead atoms. The van der Waals surface area contributed by atoms with E-state index < -0.39 is 0 Å². The Kier molecular flexibility index (Phi) is 4.60. The normalized spacial score (nSPS) is 13.3. The minimum atomic E-state index is 0.388. The van der Waals surface area contributed by atoms with Gasteiger partial charge in [-0.2, -0.15) is 5.10 Å². The van der Waals surface area contributed by atoms with Crippen LogP contribution in [-0.2, 0) is 0 Å². The topological polar surface area (TPSA) is 45.5 Å². The molecule has 1 unspecified atom stereocenters. The summed E-state index contributed by atoms with van der Waals surface area (Å²) >= 11 is 0. The number of aromatic nitrogens is 3. The maximum absolute atomic E-state index is 4.48. The van der Waals surface area contributed by atoms with E-state index in [1.807, 2.05) is 17.6 Å². The lowest BCUT2D eigenvalue weighted by molar-refractivity contribution is 0.356. The minimum absolute atomic E-state index is 0.388. The fraction of sp³-hybridized carbons (Fsp3) is 0.600. The molecule has 0 fully saturated rings. The number of likely N-dealkylation sites (N-methyl/N-ethyl adjacent to an activating group) is 1. The summed E-state index contributed by atoms with van der Waals surface area (Å²) in [5.41, 5.74) is 2.05. The molecule has 5 heteroatoms. The van der Waals surface area contributed by atoms with Crippen LogP contribution in [0, 0.1) is 12.8 Å². The zero-order valence-electron chi connectivity index (χ0n) is 13.1. The van der Waals surface area contributed by atoms with E-state index in [4.69, 9.17) is 0 Å². The van der Waals surface area contributed by atoms with E-state index in [9.17, 15) is 0 Å². The van der Waals surface area contributed by atoms with Crippen molar-refractivity contribution in [3.8, 4) is 0 Å². The van der Waals surface area contributed by atoms with Crippen molar-refractivity contribution in [3.63, 3.8) is 0 Å². The van der Waals surface area contributed by atoms with Gasteiger partial charge in [0.25, 0.3) is 0 Å². The van der Waals surface area contributed by atoms with Gasteiger partial charge in [-0.15, -0.1) is 0 Å². The largest absolute Gasteiger partial charge is 0.364 e. The number of nitrogens with one attached hydrogen (secondary N) is 1. The highest BCUT2D eigenvalue weighted by molar-refractivity contribution is 5.68. The predicted octanol–water partition coefficient (Wildman–Crippen LogP) is 2.43. The Labute approximate surface area is 121 Å². The zero-order valence-corrected chi connectivity index (χ0v) is 13.1. The molecule has 1 N–H and O–H groups in total. The quantitative estimate of drug-likeness (QED) is 0.879. The van der Waals surface area contributed by atoms with Crippen LogP contribution in [0.5, 0.6) is 0 Å². The van der Waals surface area contributed by atoms with Crippen LogP contribution in [0.4, 0.5) is 5.82 Å². The first-order valence-corrected chi connectivity index (χ1v) is 7.18. The molecule has 2 heterocycles. The van der Waals surface area contributed by atoms with Gasteiger partial charge in [0, 0.05) is 25.0 Å². The van der Waals surface area contributed by atoms with Crippen LogP contribution in [0.3, 0.4) is 0 Å². The molecule has 2 rings (SSSR count). The van der Waals surface area contributed by atoms with Gasteiger partial charge in [-0.05, 0) is 39.4 Å². The van der Waals surface area contributed by atoms with Crippen molar-refractivity contribution in [1.82, 2.24) is 19.5 Å². The average molecular weight is 275 g/mol. The summed E-state index contributed by atoms with van der Waals surface area (Å²) < 4.78 is 1.88. The van der Waals surface area contributed by atoms with Crippen molar-refractivity contribution in [2.24, 2.45) is 5.92 Å². The van der Waals surface area contributed by atoms with Crippen LogP contribution in [0.1, 0.15) is 26.0 Å². The highest BCUT2D eigenvalue weighted by atomic mass is 15.2. The fourth-order valence-corrected chi connectivity index (χ4v) is 2.54. The molecule has 20 heavy (non-hydrogen) atoms. The van der Waals surface area contributed by atoms with E-state index in [0.717, 1.165) is 30.0 Å². The predicted molar refractivity (Wildman–Crippen MR) is 83.1 cm³/mol. The molecular formula is C15H25N5. The van der Waals surface area contributed by atoms with Crippen molar-refractivity contribution in [1.29, 1.82) is 0 Å². The number of nitrogens with zero attached hydrogens (tertiary/aromatic N) is 4. The zero-order chi connectivity index (χ0) is 14.7. The molecule has 2 aromatic heterocycles. The van der Waals surface area contributed by atoms with Crippen LogP contribution in [-0.4, -0.2) is 46.2 Å². The Hall–Kier alpha value is -1.62. The van der Waals surface area contributed by atoms with Crippen molar-refractivity contribution < 1.29 is 0 Å². The number of anilines is 1. The molecule has 0 amide bonds. The highest BCUT2D eigenvalue weighted by Gasteiger charge is 2.14. The Morgan fingerprint density at radius 3 is 2.75 bits per heavy atom. The summed E-state index contributed by atoms with van der Waals surface area (Å²) in [5.74, 6) is 1.57. The molecule has 110 valence electrons. The molecular weight excluding hydrogens is 250 g/mol. The fourth-order valence-electron chi connectivity index (χ4n) is 2.54. The Morgan fingerprint density at radius 2 is 2.10 bits per heavy atom. The molecule has 0 radical (unpaired) electrons. The van der Waals surface area contributed by atoms with Gasteiger partial charge in [-0.3, -0.25) is 0 Å².